The number of nitrogens with two attached hydrogens (primary N) is 1. The average molecular weight is 230 g/mol. The Morgan fingerprint density at radius 3 is 2.87 bits per heavy atom. The molecule has 1 aliphatic heterocycles. The second kappa shape index (κ2) is 6.02. The predicted molar refractivity (Wildman–Crippen MR) is 62.6 cm³/mol. The number of amides is 1. The summed E-state index contributed by atoms with van der Waals surface area (Å²) in [5.74, 6) is 0.0572. The minimum Gasteiger partial charge on any atom is -0.393 e. The Morgan fingerprint density at radius 2 is 2.40 bits per heavy atom. The van der Waals surface area contributed by atoms with Crippen LogP contribution in [-0.2, 0) is 9.53 Å². The Bertz CT molecular complexity index is 240. The number of hydrogen-bond donors (Lipinski definition) is 1. The molecule has 0 aliphatic carbocycles. The Morgan fingerprint density at radius 1 is 1.67 bits per heavy atom. The highest BCUT2D eigenvalue weighted by atomic mass is 32.1. The van der Waals surface area contributed by atoms with Crippen molar-refractivity contribution in [2.45, 2.75) is 32.3 Å². The van der Waals surface area contributed by atoms with Gasteiger partial charge < -0.3 is 15.4 Å². The highest BCUT2D eigenvalue weighted by Gasteiger charge is 2.20. The van der Waals surface area contributed by atoms with Gasteiger partial charge in [-0.05, 0) is 12.8 Å². The van der Waals surface area contributed by atoms with Crippen molar-refractivity contribution < 1.29 is 9.53 Å². The smallest absolute Gasteiger partial charge is 0.219 e. The molecule has 0 saturated carbocycles. The van der Waals surface area contributed by atoms with E-state index in [0.717, 1.165) is 19.4 Å². The standard InChI is InChI=1S/C10H18N2O2S/c1-8(13)12(5-4-10(11)15)7-9-3-2-6-14-9/h9H,2-7H2,1H3,(H2,11,15). The van der Waals surface area contributed by atoms with Crippen LogP contribution in [0.3, 0.4) is 0 Å². The predicted octanol–water partition coefficient (Wildman–Crippen LogP) is 0.690. The van der Waals surface area contributed by atoms with Gasteiger partial charge in [0, 0.05) is 33.0 Å². The summed E-state index contributed by atoms with van der Waals surface area (Å²) in [6, 6.07) is 0. The molecule has 1 aliphatic rings. The molecule has 1 amide bonds. The molecule has 1 saturated heterocycles. The van der Waals surface area contributed by atoms with Gasteiger partial charge in [0.25, 0.3) is 0 Å². The fourth-order valence-corrected chi connectivity index (χ4v) is 1.75. The Hall–Kier alpha value is -0.680. The van der Waals surface area contributed by atoms with E-state index in [2.05, 4.69) is 0 Å². The molecule has 1 unspecified atom stereocenters. The molecule has 15 heavy (non-hydrogen) atoms. The lowest BCUT2D eigenvalue weighted by molar-refractivity contribution is -0.130. The molecule has 0 aromatic carbocycles. The molecule has 1 rings (SSSR count). The van der Waals surface area contributed by atoms with E-state index in [1.807, 2.05) is 0 Å². The van der Waals surface area contributed by atoms with Gasteiger partial charge >= 0.3 is 0 Å². The fraction of sp³-hybridized carbons (Fsp3) is 0.800. The molecule has 0 aromatic rings. The molecule has 1 atom stereocenters. The van der Waals surface area contributed by atoms with E-state index in [1.54, 1.807) is 11.8 Å². The van der Waals surface area contributed by atoms with Crippen molar-refractivity contribution in [2.75, 3.05) is 19.7 Å². The second-order valence-electron chi connectivity index (χ2n) is 3.82. The summed E-state index contributed by atoms with van der Waals surface area (Å²) in [5.41, 5.74) is 5.41. The van der Waals surface area contributed by atoms with Gasteiger partial charge in [-0.3, -0.25) is 4.79 Å². The third kappa shape index (κ3) is 4.57. The van der Waals surface area contributed by atoms with Crippen LogP contribution in [0.25, 0.3) is 0 Å². The SMILES string of the molecule is CC(=O)N(CCC(N)=S)CC1CCCO1. The van der Waals surface area contributed by atoms with Crippen molar-refractivity contribution in [3.05, 3.63) is 0 Å². The van der Waals surface area contributed by atoms with E-state index in [0.29, 0.717) is 24.5 Å². The van der Waals surface area contributed by atoms with Gasteiger partial charge in [0.2, 0.25) is 5.91 Å². The molecule has 5 heteroatoms. The minimum absolute atomic E-state index is 0.0572. The lowest BCUT2D eigenvalue weighted by Crippen LogP contribution is -2.37. The van der Waals surface area contributed by atoms with E-state index in [-0.39, 0.29) is 12.0 Å². The second-order valence-corrected chi connectivity index (χ2v) is 4.34. The number of carbonyl (C=O) groups excluding carboxylic acids is 1. The fourth-order valence-electron chi connectivity index (χ4n) is 1.66. The summed E-state index contributed by atoms with van der Waals surface area (Å²) in [4.78, 5) is 13.5. The number of thiocarbonyl (C=S) groups is 1. The third-order valence-electron chi connectivity index (χ3n) is 2.52. The Labute approximate surface area is 95.8 Å². The number of ether oxygens (including phenoxy) is 1. The molecule has 0 radical (unpaired) electrons. The summed E-state index contributed by atoms with van der Waals surface area (Å²) >= 11 is 4.79. The number of hydrogen-bond acceptors (Lipinski definition) is 3. The summed E-state index contributed by atoms with van der Waals surface area (Å²) in [6.07, 6.45) is 2.91. The molecular weight excluding hydrogens is 212 g/mol. The largest absolute Gasteiger partial charge is 0.393 e. The van der Waals surface area contributed by atoms with Crippen LogP contribution in [0, 0.1) is 0 Å². The van der Waals surface area contributed by atoms with Crippen LogP contribution in [-0.4, -0.2) is 41.6 Å². The zero-order chi connectivity index (χ0) is 11.3. The molecular formula is C10H18N2O2S. The maximum absolute atomic E-state index is 11.3. The van der Waals surface area contributed by atoms with Gasteiger partial charge in [-0.25, -0.2) is 0 Å². The van der Waals surface area contributed by atoms with Crippen molar-refractivity contribution in [1.82, 2.24) is 4.90 Å². The topological polar surface area (TPSA) is 55.6 Å². The van der Waals surface area contributed by atoms with Crippen LogP contribution in [0.2, 0.25) is 0 Å². The molecule has 4 nitrogen and oxygen atoms in total. The molecule has 1 fully saturated rings. The monoisotopic (exact) mass is 230 g/mol. The van der Waals surface area contributed by atoms with Gasteiger partial charge in [-0.15, -0.1) is 0 Å². The summed E-state index contributed by atoms with van der Waals surface area (Å²) in [6.45, 7) is 3.64. The zero-order valence-corrected chi connectivity index (χ0v) is 9.89. The van der Waals surface area contributed by atoms with Gasteiger partial charge in [0.1, 0.15) is 0 Å². The highest BCUT2D eigenvalue weighted by Crippen LogP contribution is 2.13. The van der Waals surface area contributed by atoms with E-state index < -0.39 is 0 Å². The Balaban J connectivity index is 2.35. The van der Waals surface area contributed by atoms with Crippen LogP contribution in [0.1, 0.15) is 26.2 Å². The first-order chi connectivity index (χ1) is 7.09. The van der Waals surface area contributed by atoms with Gasteiger partial charge in [-0.2, -0.15) is 0 Å². The third-order valence-corrected chi connectivity index (χ3v) is 2.73. The molecule has 86 valence electrons. The zero-order valence-electron chi connectivity index (χ0n) is 9.07. The summed E-state index contributed by atoms with van der Waals surface area (Å²) < 4.78 is 5.48. The number of nitrogens with zero attached hydrogens (tertiary/aromatic N) is 1. The first-order valence-corrected chi connectivity index (χ1v) is 5.66. The molecule has 0 spiro atoms. The molecule has 0 bridgehead atoms. The van der Waals surface area contributed by atoms with Crippen molar-refractivity contribution in [3.8, 4) is 0 Å². The van der Waals surface area contributed by atoms with E-state index >= 15 is 0 Å². The molecule has 0 aromatic heterocycles. The van der Waals surface area contributed by atoms with Crippen molar-refractivity contribution in [2.24, 2.45) is 5.73 Å². The quantitative estimate of drug-likeness (QED) is 0.706. The maximum Gasteiger partial charge on any atom is 0.219 e. The van der Waals surface area contributed by atoms with Crippen LogP contribution in [0.5, 0.6) is 0 Å². The van der Waals surface area contributed by atoms with Crippen molar-refractivity contribution >= 4 is 23.1 Å². The number of carbonyl (C=O) groups is 1. The van der Waals surface area contributed by atoms with E-state index in [4.69, 9.17) is 22.7 Å². The lowest BCUT2D eigenvalue weighted by Gasteiger charge is -2.23. The Kier molecular flexibility index (Phi) is 4.98. The average Bonchev–Trinajstić information content (AvgIpc) is 2.63. The van der Waals surface area contributed by atoms with Crippen LogP contribution < -0.4 is 5.73 Å². The first kappa shape index (κ1) is 12.4. The van der Waals surface area contributed by atoms with Crippen molar-refractivity contribution in [1.29, 1.82) is 0 Å². The van der Waals surface area contributed by atoms with Gasteiger partial charge in [0.05, 0.1) is 11.1 Å². The van der Waals surface area contributed by atoms with Gasteiger partial charge in [-0.1, -0.05) is 12.2 Å². The summed E-state index contributed by atoms with van der Waals surface area (Å²) in [5, 5.41) is 0. The van der Waals surface area contributed by atoms with Crippen LogP contribution in [0.15, 0.2) is 0 Å². The maximum atomic E-state index is 11.3. The van der Waals surface area contributed by atoms with E-state index in [1.165, 1.54) is 0 Å². The minimum atomic E-state index is 0.0572. The number of rotatable bonds is 5. The van der Waals surface area contributed by atoms with E-state index in [9.17, 15) is 4.79 Å². The molecule has 1 heterocycles. The summed E-state index contributed by atoms with van der Waals surface area (Å²) in [7, 11) is 0. The normalized spacial score (nSPS) is 20.2. The van der Waals surface area contributed by atoms with Gasteiger partial charge in [0.15, 0.2) is 0 Å². The lowest BCUT2D eigenvalue weighted by atomic mass is 10.2. The first-order valence-electron chi connectivity index (χ1n) is 5.25. The van der Waals surface area contributed by atoms with Crippen molar-refractivity contribution in [3.63, 3.8) is 0 Å². The van der Waals surface area contributed by atoms with Crippen LogP contribution >= 0.6 is 12.2 Å². The molecule has 2 N–H and O–H groups in total. The highest BCUT2D eigenvalue weighted by molar-refractivity contribution is 7.80. The van der Waals surface area contributed by atoms with Crippen LogP contribution in [0.4, 0.5) is 0 Å².